The van der Waals surface area contributed by atoms with Crippen LogP contribution in [0.4, 0.5) is 32.6 Å². The zero-order valence-corrected chi connectivity index (χ0v) is 23.8. The number of rotatable bonds is 5. The molecule has 43 heavy (non-hydrogen) atoms. The highest BCUT2D eigenvalue weighted by atomic mass is 35.5. The number of ether oxygens (including phenoxy) is 1. The molecule has 2 unspecified atom stereocenters. The van der Waals surface area contributed by atoms with Gasteiger partial charge in [-0.2, -0.15) is 13.2 Å². The Hall–Kier alpha value is -3.93. The first-order chi connectivity index (χ1) is 20.4. The molecule has 1 aromatic heterocycles. The Balaban J connectivity index is 1.28. The van der Waals surface area contributed by atoms with E-state index in [4.69, 9.17) is 16.3 Å². The van der Waals surface area contributed by atoms with Gasteiger partial charge in [0.25, 0.3) is 0 Å². The highest BCUT2D eigenvalue weighted by molar-refractivity contribution is 6.30. The lowest BCUT2D eigenvalue weighted by molar-refractivity contribution is -0.138. The molecule has 2 aliphatic rings. The zero-order chi connectivity index (χ0) is 30.9. The number of piperidine rings is 1. The van der Waals surface area contributed by atoms with E-state index >= 15 is 0 Å². The molecule has 2 saturated heterocycles. The number of carbonyl (C=O) groups is 2. The molecule has 0 radical (unpaired) electrons. The first-order valence-electron chi connectivity index (χ1n) is 13.6. The molecular weight excluding hydrogens is 595 g/mol. The van der Waals surface area contributed by atoms with Gasteiger partial charge in [0.1, 0.15) is 23.2 Å². The van der Waals surface area contributed by atoms with Gasteiger partial charge >= 0.3 is 12.3 Å². The van der Waals surface area contributed by atoms with Crippen molar-refractivity contribution in [3.8, 4) is 5.75 Å². The molecule has 0 N–H and O–H groups in total. The van der Waals surface area contributed by atoms with Crippen molar-refractivity contribution in [1.82, 2.24) is 14.8 Å². The van der Waals surface area contributed by atoms with Crippen LogP contribution in [0.25, 0.3) is 0 Å². The summed E-state index contributed by atoms with van der Waals surface area (Å²) in [6.07, 6.45) is -3.43. The summed E-state index contributed by atoms with van der Waals surface area (Å²) in [4.78, 5) is 35.6. The van der Waals surface area contributed by atoms with E-state index in [1.165, 1.54) is 54.4 Å². The minimum Gasteiger partial charge on any atom is -0.410 e. The summed E-state index contributed by atoms with van der Waals surface area (Å²) in [6.45, 7) is 1.31. The van der Waals surface area contributed by atoms with E-state index < -0.39 is 41.4 Å². The van der Waals surface area contributed by atoms with Crippen molar-refractivity contribution in [3.05, 3.63) is 88.6 Å². The molecule has 5 rings (SSSR count). The molecule has 3 heterocycles. The zero-order valence-electron chi connectivity index (χ0n) is 23.0. The van der Waals surface area contributed by atoms with Crippen molar-refractivity contribution in [2.24, 2.45) is 5.92 Å². The van der Waals surface area contributed by atoms with Gasteiger partial charge in [-0.05, 0) is 66.9 Å². The van der Waals surface area contributed by atoms with Crippen molar-refractivity contribution in [3.63, 3.8) is 0 Å². The maximum Gasteiger partial charge on any atom is 0.417 e. The average molecular weight is 623 g/mol. The molecule has 0 aliphatic carbocycles. The molecule has 2 atom stereocenters. The summed E-state index contributed by atoms with van der Waals surface area (Å²) in [5, 5.41) is -0.0817. The molecule has 2 amide bonds. The molecule has 13 heteroatoms. The molecule has 0 spiro atoms. The number of aromatic nitrogens is 1. The summed E-state index contributed by atoms with van der Waals surface area (Å²) < 4.78 is 71.3. The van der Waals surface area contributed by atoms with E-state index in [1.54, 1.807) is 11.0 Å². The van der Waals surface area contributed by atoms with E-state index in [-0.39, 0.29) is 35.7 Å². The molecule has 0 bridgehead atoms. The number of nitrogens with zero attached hydrogens (tertiary/aromatic N) is 4. The lowest BCUT2D eigenvalue weighted by Gasteiger charge is -2.34. The van der Waals surface area contributed by atoms with E-state index in [0.29, 0.717) is 37.3 Å². The van der Waals surface area contributed by atoms with E-state index in [2.05, 4.69) is 4.98 Å². The lowest BCUT2D eigenvalue weighted by atomic mass is 9.93. The van der Waals surface area contributed by atoms with Crippen molar-refractivity contribution in [1.29, 1.82) is 0 Å². The van der Waals surface area contributed by atoms with Gasteiger partial charge in [-0.3, -0.25) is 4.79 Å². The molecule has 2 fully saturated rings. The first-order valence-corrected chi connectivity index (χ1v) is 14.0. The van der Waals surface area contributed by atoms with Gasteiger partial charge in [0.2, 0.25) is 5.91 Å². The Bertz CT molecular complexity index is 1460. The number of hydrogen-bond donors (Lipinski definition) is 0. The second-order valence-electron chi connectivity index (χ2n) is 10.7. The van der Waals surface area contributed by atoms with Gasteiger partial charge in [-0.15, -0.1) is 0 Å². The molecule has 7 nitrogen and oxygen atoms in total. The first kappa shape index (κ1) is 30.5. The maximum atomic E-state index is 13.9. The highest BCUT2D eigenvalue weighted by Gasteiger charge is 2.42. The monoisotopic (exact) mass is 622 g/mol. The van der Waals surface area contributed by atoms with Gasteiger partial charge in [-0.1, -0.05) is 17.7 Å². The number of pyridine rings is 1. The Kier molecular flexibility index (Phi) is 8.77. The molecule has 228 valence electrons. The largest absolute Gasteiger partial charge is 0.417 e. The molecule has 0 saturated carbocycles. The van der Waals surface area contributed by atoms with Crippen LogP contribution in [0.3, 0.4) is 0 Å². The topological polar surface area (TPSA) is 66.0 Å². The number of likely N-dealkylation sites (tertiary alicyclic amines) is 1. The van der Waals surface area contributed by atoms with Gasteiger partial charge in [0.15, 0.2) is 0 Å². The summed E-state index contributed by atoms with van der Waals surface area (Å²) in [5.74, 6) is -1.35. The van der Waals surface area contributed by atoms with Crippen LogP contribution in [-0.2, 0) is 11.0 Å². The van der Waals surface area contributed by atoms with Crippen molar-refractivity contribution < 1.29 is 36.3 Å². The van der Waals surface area contributed by atoms with Crippen LogP contribution in [0.15, 0.2) is 60.8 Å². The van der Waals surface area contributed by atoms with Crippen LogP contribution in [0.2, 0.25) is 5.02 Å². The fourth-order valence-electron chi connectivity index (χ4n) is 5.59. The van der Waals surface area contributed by atoms with Crippen LogP contribution in [-0.4, -0.2) is 66.1 Å². The Labute approximate surface area is 249 Å². The number of alkyl halides is 3. The number of hydrogen-bond acceptors (Lipinski definition) is 5. The summed E-state index contributed by atoms with van der Waals surface area (Å²) >= 11 is 6.06. The lowest BCUT2D eigenvalue weighted by Crippen LogP contribution is -2.45. The number of carbonyl (C=O) groups excluding carboxylic acids is 2. The fourth-order valence-corrected chi connectivity index (χ4v) is 5.78. The van der Waals surface area contributed by atoms with E-state index in [9.17, 15) is 31.5 Å². The van der Waals surface area contributed by atoms with Crippen molar-refractivity contribution in [2.75, 3.05) is 38.1 Å². The quantitative estimate of drug-likeness (QED) is 0.309. The Morgan fingerprint density at radius 1 is 1.00 bits per heavy atom. The second kappa shape index (κ2) is 12.4. The smallest absolute Gasteiger partial charge is 0.410 e. The predicted octanol–water partition coefficient (Wildman–Crippen LogP) is 6.37. The average Bonchev–Trinajstić information content (AvgIpc) is 3.44. The number of halogens is 6. The van der Waals surface area contributed by atoms with Gasteiger partial charge in [-0.25, -0.2) is 18.6 Å². The highest BCUT2D eigenvalue weighted by Crippen LogP contribution is 2.35. The van der Waals surface area contributed by atoms with Gasteiger partial charge in [0.05, 0.1) is 16.6 Å². The molecular formula is C30H28ClF5N4O3. The summed E-state index contributed by atoms with van der Waals surface area (Å²) in [5.41, 5.74) is -0.176. The molecule has 2 aliphatic heterocycles. The third-order valence-electron chi connectivity index (χ3n) is 8.02. The van der Waals surface area contributed by atoms with E-state index in [0.717, 1.165) is 12.3 Å². The number of anilines is 1. The number of likely N-dealkylation sites (N-methyl/N-ethyl adjacent to an activating group) is 1. The van der Waals surface area contributed by atoms with Crippen LogP contribution in [0.5, 0.6) is 5.75 Å². The molecule has 3 aromatic rings. The predicted molar refractivity (Wildman–Crippen MR) is 149 cm³/mol. The van der Waals surface area contributed by atoms with Crippen LogP contribution >= 0.6 is 11.6 Å². The third-order valence-corrected chi connectivity index (χ3v) is 8.31. The summed E-state index contributed by atoms with van der Waals surface area (Å²) in [7, 11) is 1.54. The standard InChI is InChI=1S/C30H28ClF5N4O3/c1-38(29(42)43-22-6-4-21(32)5-7-22)26-17-40(16-23(26)19-2-8-25(33)24(31)14-19)28(41)18-10-12-39(13-11-18)27-9-3-20(15-37-27)30(34,35)36/h2-9,14-15,18,23,26H,10-13,16-17H2,1H3. The SMILES string of the molecule is CN(C(=O)Oc1ccc(F)cc1)C1CN(C(=O)C2CCN(c3ccc(C(F)(F)F)cn3)CC2)CC1c1ccc(F)c(Cl)c1. The molecule has 2 aromatic carbocycles. The van der Waals surface area contributed by atoms with Gasteiger partial charge in [0, 0.05) is 51.3 Å². The second-order valence-corrected chi connectivity index (χ2v) is 11.1. The minimum atomic E-state index is -4.47. The van der Waals surface area contributed by atoms with Crippen molar-refractivity contribution >= 4 is 29.4 Å². The summed E-state index contributed by atoms with van der Waals surface area (Å²) in [6, 6.07) is 11.1. The van der Waals surface area contributed by atoms with E-state index in [1.807, 2.05) is 4.90 Å². The maximum absolute atomic E-state index is 13.9. The fraction of sp³-hybridized carbons (Fsp3) is 0.367. The number of benzene rings is 2. The minimum absolute atomic E-state index is 0.0817. The normalized spacial score (nSPS) is 19.4. The Morgan fingerprint density at radius 3 is 2.30 bits per heavy atom. The Morgan fingerprint density at radius 2 is 1.70 bits per heavy atom. The van der Waals surface area contributed by atoms with Gasteiger partial charge < -0.3 is 19.4 Å². The number of amides is 2. The van der Waals surface area contributed by atoms with Crippen LogP contribution in [0.1, 0.15) is 29.9 Å². The van der Waals surface area contributed by atoms with Crippen LogP contribution in [0, 0.1) is 17.6 Å². The third kappa shape index (κ3) is 6.84. The van der Waals surface area contributed by atoms with Crippen molar-refractivity contribution in [2.45, 2.75) is 31.0 Å². The van der Waals surface area contributed by atoms with Crippen LogP contribution < -0.4 is 9.64 Å².